The lowest BCUT2D eigenvalue weighted by molar-refractivity contribution is 1.31. The van der Waals surface area contributed by atoms with Gasteiger partial charge >= 0.3 is 0 Å². The molecule has 46 valence electrons. The number of hydrogen-bond donors (Lipinski definition) is 0. The zero-order valence-electron chi connectivity index (χ0n) is 5.22. The molecule has 1 nitrogen and oxygen atoms in total. The molecule has 0 saturated carbocycles. The molecule has 0 bridgehead atoms. The summed E-state index contributed by atoms with van der Waals surface area (Å²) >= 11 is 1.65. The van der Waals surface area contributed by atoms with E-state index in [4.69, 9.17) is 5.26 Å². The molecule has 0 radical (unpaired) electrons. The third-order valence-electron chi connectivity index (χ3n) is 1.04. The third-order valence-corrected chi connectivity index (χ3v) is 2.09. The number of aryl methyl sites for hydroxylation is 1. The van der Waals surface area contributed by atoms with E-state index >= 15 is 0 Å². The van der Waals surface area contributed by atoms with Crippen molar-refractivity contribution in [1.29, 1.82) is 5.26 Å². The van der Waals surface area contributed by atoms with Crippen LogP contribution in [-0.4, -0.2) is 0 Å². The molecule has 0 amide bonds. The molecule has 2 heteroatoms. The average Bonchev–Trinajstić information content (AvgIpc) is 2.17. The Hall–Kier alpha value is -0.810. The topological polar surface area (TPSA) is 23.8 Å². The average molecular weight is 137 g/mol. The first-order valence-electron chi connectivity index (χ1n) is 2.74. The Balaban J connectivity index is 2.76. The molecule has 0 spiro atoms. The van der Waals surface area contributed by atoms with E-state index in [2.05, 4.69) is 11.4 Å². The van der Waals surface area contributed by atoms with Gasteiger partial charge in [0.1, 0.15) is 0 Å². The first kappa shape index (κ1) is 6.31. The minimum absolute atomic E-state index is 0.554. The molecule has 1 rings (SSSR count). The quantitative estimate of drug-likeness (QED) is 0.581. The molecule has 0 aliphatic heterocycles. The smallest absolute Gasteiger partial charge is 0.0695 e. The van der Waals surface area contributed by atoms with Crippen molar-refractivity contribution in [2.75, 3.05) is 0 Å². The molecule has 0 saturated heterocycles. The molecule has 0 aliphatic rings. The van der Waals surface area contributed by atoms with Crippen LogP contribution in [0, 0.1) is 18.3 Å². The number of rotatable bonds is 1. The molecule has 1 aromatic rings. The van der Waals surface area contributed by atoms with Gasteiger partial charge in [-0.05, 0) is 23.9 Å². The fraction of sp³-hybridized carbons (Fsp3) is 0.286. The van der Waals surface area contributed by atoms with Crippen molar-refractivity contribution in [3.05, 3.63) is 21.9 Å². The van der Waals surface area contributed by atoms with Crippen molar-refractivity contribution in [2.45, 2.75) is 13.3 Å². The Bertz CT molecular complexity index is 231. The van der Waals surface area contributed by atoms with Crippen molar-refractivity contribution in [2.24, 2.45) is 0 Å². The first-order valence-corrected chi connectivity index (χ1v) is 3.62. The predicted octanol–water partition coefficient (Wildman–Crippen LogP) is 2.12. The van der Waals surface area contributed by atoms with Gasteiger partial charge in [-0.3, -0.25) is 0 Å². The van der Waals surface area contributed by atoms with Crippen LogP contribution in [-0.2, 0) is 6.42 Å². The van der Waals surface area contributed by atoms with Gasteiger partial charge in [-0.1, -0.05) is 0 Å². The molecule has 0 aromatic carbocycles. The second-order valence-electron chi connectivity index (χ2n) is 1.93. The molecule has 0 unspecified atom stereocenters. The number of nitriles is 1. The molecule has 1 heterocycles. The van der Waals surface area contributed by atoms with E-state index in [1.165, 1.54) is 5.56 Å². The maximum atomic E-state index is 8.29. The maximum Gasteiger partial charge on any atom is 0.0695 e. The summed E-state index contributed by atoms with van der Waals surface area (Å²) in [4.78, 5) is 1.16. The number of thiophene rings is 1. The summed E-state index contributed by atoms with van der Waals surface area (Å²) in [6, 6.07) is 4.16. The molecule has 0 aliphatic carbocycles. The fourth-order valence-corrected chi connectivity index (χ4v) is 1.47. The van der Waals surface area contributed by atoms with E-state index in [1.807, 2.05) is 13.0 Å². The van der Waals surface area contributed by atoms with Crippen LogP contribution in [0.25, 0.3) is 0 Å². The van der Waals surface area contributed by atoms with Crippen LogP contribution < -0.4 is 0 Å². The first-order chi connectivity index (χ1) is 4.33. The van der Waals surface area contributed by atoms with Gasteiger partial charge in [0.2, 0.25) is 0 Å². The van der Waals surface area contributed by atoms with Gasteiger partial charge in [0, 0.05) is 4.88 Å². The summed E-state index contributed by atoms with van der Waals surface area (Å²) in [5.74, 6) is 0. The second-order valence-corrected chi connectivity index (χ2v) is 2.92. The molecule has 0 N–H and O–H groups in total. The lowest BCUT2D eigenvalue weighted by Crippen LogP contribution is -1.69. The third kappa shape index (κ3) is 1.55. The Morgan fingerprint density at radius 1 is 1.78 bits per heavy atom. The Morgan fingerprint density at radius 3 is 3.00 bits per heavy atom. The Labute approximate surface area is 58.6 Å². The van der Waals surface area contributed by atoms with E-state index in [0.717, 1.165) is 4.88 Å². The van der Waals surface area contributed by atoms with Crippen LogP contribution >= 0.6 is 11.3 Å². The summed E-state index contributed by atoms with van der Waals surface area (Å²) < 4.78 is 0. The summed E-state index contributed by atoms with van der Waals surface area (Å²) in [6.07, 6.45) is 0.554. The molecular formula is C7H7NS. The Morgan fingerprint density at radius 2 is 2.56 bits per heavy atom. The van der Waals surface area contributed by atoms with Crippen LogP contribution in [0.15, 0.2) is 11.4 Å². The van der Waals surface area contributed by atoms with E-state index < -0.39 is 0 Å². The van der Waals surface area contributed by atoms with Crippen molar-refractivity contribution in [3.8, 4) is 6.07 Å². The zero-order chi connectivity index (χ0) is 6.69. The van der Waals surface area contributed by atoms with E-state index in [1.54, 1.807) is 11.3 Å². The van der Waals surface area contributed by atoms with Crippen molar-refractivity contribution in [1.82, 2.24) is 0 Å². The van der Waals surface area contributed by atoms with Crippen LogP contribution in [0.5, 0.6) is 0 Å². The lowest BCUT2D eigenvalue weighted by Gasteiger charge is -1.78. The highest BCUT2D eigenvalue weighted by Crippen LogP contribution is 2.13. The summed E-state index contributed by atoms with van der Waals surface area (Å²) in [5.41, 5.74) is 1.25. The molecular weight excluding hydrogens is 130 g/mol. The van der Waals surface area contributed by atoms with Gasteiger partial charge < -0.3 is 0 Å². The highest BCUT2D eigenvalue weighted by molar-refractivity contribution is 7.10. The van der Waals surface area contributed by atoms with Crippen LogP contribution in [0.3, 0.4) is 0 Å². The number of hydrogen-bond acceptors (Lipinski definition) is 2. The minimum Gasteiger partial charge on any atom is -0.198 e. The molecule has 0 atom stereocenters. The second kappa shape index (κ2) is 2.65. The highest BCUT2D eigenvalue weighted by atomic mass is 32.1. The predicted molar refractivity (Wildman–Crippen MR) is 38.4 cm³/mol. The lowest BCUT2D eigenvalue weighted by atomic mass is 10.3. The van der Waals surface area contributed by atoms with Gasteiger partial charge in [-0.25, -0.2) is 0 Å². The normalized spacial score (nSPS) is 8.89. The van der Waals surface area contributed by atoms with Gasteiger partial charge in [-0.2, -0.15) is 5.26 Å². The summed E-state index contributed by atoms with van der Waals surface area (Å²) in [7, 11) is 0. The SMILES string of the molecule is Cc1csc(CC#N)c1. The maximum absolute atomic E-state index is 8.29. The van der Waals surface area contributed by atoms with E-state index in [9.17, 15) is 0 Å². The molecule has 9 heavy (non-hydrogen) atoms. The van der Waals surface area contributed by atoms with Crippen LogP contribution in [0.2, 0.25) is 0 Å². The van der Waals surface area contributed by atoms with E-state index in [-0.39, 0.29) is 0 Å². The Kier molecular flexibility index (Phi) is 1.86. The van der Waals surface area contributed by atoms with Gasteiger partial charge in [0.05, 0.1) is 12.5 Å². The summed E-state index contributed by atoms with van der Waals surface area (Å²) in [6.45, 7) is 2.04. The van der Waals surface area contributed by atoms with Crippen molar-refractivity contribution >= 4 is 11.3 Å². The zero-order valence-corrected chi connectivity index (χ0v) is 6.03. The van der Waals surface area contributed by atoms with Crippen LogP contribution in [0.1, 0.15) is 10.4 Å². The fourth-order valence-electron chi connectivity index (χ4n) is 0.661. The van der Waals surface area contributed by atoms with Gasteiger partial charge in [0.25, 0.3) is 0 Å². The van der Waals surface area contributed by atoms with Crippen molar-refractivity contribution in [3.63, 3.8) is 0 Å². The van der Waals surface area contributed by atoms with Crippen molar-refractivity contribution < 1.29 is 0 Å². The minimum atomic E-state index is 0.554. The summed E-state index contributed by atoms with van der Waals surface area (Å²) in [5, 5.41) is 10.3. The highest BCUT2D eigenvalue weighted by Gasteiger charge is 1.92. The van der Waals surface area contributed by atoms with Gasteiger partial charge in [-0.15, -0.1) is 11.3 Å². The largest absolute Gasteiger partial charge is 0.198 e. The molecule has 0 fully saturated rings. The standard InChI is InChI=1S/C7H7NS/c1-6-4-7(2-3-8)9-5-6/h4-5H,2H2,1H3. The van der Waals surface area contributed by atoms with Crippen LogP contribution in [0.4, 0.5) is 0 Å². The molecule has 1 aromatic heterocycles. The monoisotopic (exact) mass is 137 g/mol. The van der Waals surface area contributed by atoms with Gasteiger partial charge in [0.15, 0.2) is 0 Å². The number of nitrogens with zero attached hydrogens (tertiary/aromatic N) is 1. The van der Waals surface area contributed by atoms with E-state index in [0.29, 0.717) is 6.42 Å².